The van der Waals surface area contributed by atoms with Crippen LogP contribution in [0.1, 0.15) is 43.0 Å². The number of anilines is 1. The number of rotatable bonds is 10. The van der Waals surface area contributed by atoms with E-state index in [2.05, 4.69) is 5.32 Å². The second kappa shape index (κ2) is 12.5. The summed E-state index contributed by atoms with van der Waals surface area (Å²) in [7, 11) is -3.81. The molecule has 0 aliphatic rings. The minimum Gasteiger partial charge on any atom is -0.350 e. The summed E-state index contributed by atoms with van der Waals surface area (Å²) >= 11 is 0. The zero-order chi connectivity index (χ0) is 28.8. The Labute approximate surface area is 232 Å². The van der Waals surface area contributed by atoms with E-state index in [1.807, 2.05) is 101 Å². The van der Waals surface area contributed by atoms with E-state index in [0.717, 1.165) is 32.8 Å². The Morgan fingerprint density at radius 3 is 1.95 bits per heavy atom. The lowest BCUT2D eigenvalue weighted by Gasteiger charge is -2.35. The average molecular weight is 550 g/mol. The van der Waals surface area contributed by atoms with Crippen LogP contribution in [0.5, 0.6) is 0 Å². The number of nitrogens with one attached hydrogen (secondary N) is 1. The maximum Gasteiger partial charge on any atom is 0.244 e. The van der Waals surface area contributed by atoms with Crippen molar-refractivity contribution in [3.63, 3.8) is 0 Å². The summed E-state index contributed by atoms with van der Waals surface area (Å²) < 4.78 is 27.1. The van der Waals surface area contributed by atoms with E-state index in [1.165, 1.54) is 4.90 Å². The molecule has 7 nitrogen and oxygen atoms in total. The van der Waals surface area contributed by atoms with E-state index in [9.17, 15) is 18.0 Å². The molecule has 0 unspecified atom stereocenters. The number of carbonyl (C=O) groups excluding carboxylic acids is 2. The van der Waals surface area contributed by atoms with Crippen LogP contribution in [0.25, 0.3) is 0 Å². The average Bonchev–Trinajstić information content (AvgIpc) is 2.86. The minimum absolute atomic E-state index is 0.152. The van der Waals surface area contributed by atoms with Gasteiger partial charge in [0.1, 0.15) is 12.6 Å². The lowest BCUT2D eigenvalue weighted by atomic mass is 10.0. The van der Waals surface area contributed by atoms with Gasteiger partial charge in [0, 0.05) is 18.5 Å². The van der Waals surface area contributed by atoms with Crippen LogP contribution < -0.4 is 9.62 Å². The SMILES string of the molecule is Cc1cccc(N(CC(=O)N(Cc2ccccc2)[C@@H](Cc2ccccc2)C(=O)NC(C)(C)C)S(C)(=O)=O)c1C. The number of hydrogen-bond acceptors (Lipinski definition) is 4. The van der Waals surface area contributed by atoms with Crippen LogP contribution in [0.2, 0.25) is 0 Å². The fraction of sp³-hybridized carbons (Fsp3) is 0.355. The van der Waals surface area contributed by atoms with Crippen LogP contribution in [0.3, 0.4) is 0 Å². The van der Waals surface area contributed by atoms with Crippen molar-refractivity contribution in [2.45, 2.75) is 59.2 Å². The minimum atomic E-state index is -3.81. The normalized spacial score (nSPS) is 12.5. The smallest absolute Gasteiger partial charge is 0.244 e. The Kier molecular flexibility index (Phi) is 9.56. The quantitative estimate of drug-likeness (QED) is 0.400. The van der Waals surface area contributed by atoms with Crippen LogP contribution in [0.15, 0.2) is 78.9 Å². The monoisotopic (exact) mass is 549 g/mol. The fourth-order valence-corrected chi connectivity index (χ4v) is 5.29. The van der Waals surface area contributed by atoms with E-state index < -0.39 is 34.1 Å². The topological polar surface area (TPSA) is 86.8 Å². The van der Waals surface area contributed by atoms with Crippen LogP contribution in [0, 0.1) is 13.8 Å². The zero-order valence-corrected chi connectivity index (χ0v) is 24.5. The highest BCUT2D eigenvalue weighted by molar-refractivity contribution is 7.92. The highest BCUT2D eigenvalue weighted by Gasteiger charge is 2.34. The number of nitrogens with zero attached hydrogens (tertiary/aromatic N) is 2. The fourth-order valence-electron chi connectivity index (χ4n) is 4.39. The van der Waals surface area contributed by atoms with Crippen molar-refractivity contribution in [1.29, 1.82) is 0 Å². The summed E-state index contributed by atoms with van der Waals surface area (Å²) in [6, 6.07) is 23.4. The molecule has 0 saturated heterocycles. The molecule has 0 spiro atoms. The number of benzene rings is 3. The van der Waals surface area contributed by atoms with Gasteiger partial charge in [-0.3, -0.25) is 13.9 Å². The Morgan fingerprint density at radius 1 is 0.846 bits per heavy atom. The predicted molar refractivity (Wildman–Crippen MR) is 157 cm³/mol. The second-order valence-electron chi connectivity index (χ2n) is 10.9. The van der Waals surface area contributed by atoms with Crippen LogP contribution in [0.4, 0.5) is 5.69 Å². The van der Waals surface area contributed by atoms with Gasteiger partial charge in [-0.2, -0.15) is 0 Å². The van der Waals surface area contributed by atoms with Gasteiger partial charge in [-0.25, -0.2) is 8.42 Å². The Morgan fingerprint density at radius 2 is 1.41 bits per heavy atom. The molecule has 39 heavy (non-hydrogen) atoms. The van der Waals surface area contributed by atoms with Crippen molar-refractivity contribution < 1.29 is 18.0 Å². The van der Waals surface area contributed by atoms with E-state index in [1.54, 1.807) is 12.1 Å². The summed E-state index contributed by atoms with van der Waals surface area (Å²) in [5.41, 5.74) is 3.35. The molecule has 1 N–H and O–H groups in total. The first kappa shape index (κ1) is 29.9. The van der Waals surface area contributed by atoms with Crippen LogP contribution in [-0.4, -0.2) is 49.5 Å². The summed E-state index contributed by atoms with van der Waals surface area (Å²) in [5, 5.41) is 3.03. The van der Waals surface area contributed by atoms with Crippen molar-refractivity contribution in [2.24, 2.45) is 0 Å². The molecule has 8 heteroatoms. The van der Waals surface area contributed by atoms with Gasteiger partial charge in [0.25, 0.3) is 0 Å². The van der Waals surface area contributed by atoms with Gasteiger partial charge in [0.05, 0.1) is 11.9 Å². The van der Waals surface area contributed by atoms with Gasteiger partial charge in [0.15, 0.2) is 0 Å². The number of carbonyl (C=O) groups is 2. The lowest BCUT2D eigenvalue weighted by Crippen LogP contribution is -2.56. The van der Waals surface area contributed by atoms with Crippen molar-refractivity contribution in [2.75, 3.05) is 17.1 Å². The highest BCUT2D eigenvalue weighted by Crippen LogP contribution is 2.26. The first-order valence-corrected chi connectivity index (χ1v) is 14.8. The molecular formula is C31H39N3O4S. The standard InChI is InChI=1S/C31H39N3O4S/c1-23-14-13-19-27(24(23)2)34(39(6,37)38)22-29(35)33(21-26-17-11-8-12-18-26)28(30(36)32-31(3,4)5)20-25-15-9-7-10-16-25/h7-19,28H,20-22H2,1-6H3,(H,32,36)/t28-/m0/s1. The molecule has 0 aliphatic heterocycles. The molecule has 0 fully saturated rings. The Bertz CT molecular complexity index is 1380. The maximum atomic E-state index is 14.1. The largest absolute Gasteiger partial charge is 0.350 e. The highest BCUT2D eigenvalue weighted by atomic mass is 32.2. The third-order valence-electron chi connectivity index (χ3n) is 6.49. The number of aryl methyl sites for hydroxylation is 1. The Balaban J connectivity index is 2.08. The molecule has 0 heterocycles. The van der Waals surface area contributed by atoms with Gasteiger partial charge in [-0.05, 0) is 62.9 Å². The number of hydrogen-bond donors (Lipinski definition) is 1. The molecular weight excluding hydrogens is 510 g/mol. The molecule has 208 valence electrons. The van der Waals surface area contributed by atoms with Gasteiger partial charge < -0.3 is 10.2 Å². The summed E-state index contributed by atoms with van der Waals surface area (Å²) in [5.74, 6) is -0.761. The molecule has 0 aromatic heterocycles. The van der Waals surface area contributed by atoms with E-state index >= 15 is 0 Å². The van der Waals surface area contributed by atoms with E-state index in [0.29, 0.717) is 5.69 Å². The molecule has 3 aromatic rings. The predicted octanol–water partition coefficient (Wildman–Crippen LogP) is 4.62. The molecule has 3 aromatic carbocycles. The van der Waals surface area contributed by atoms with Crippen molar-refractivity contribution in [3.8, 4) is 0 Å². The molecule has 1 atom stereocenters. The van der Waals surface area contributed by atoms with Gasteiger partial charge in [-0.15, -0.1) is 0 Å². The molecule has 0 saturated carbocycles. The van der Waals surface area contributed by atoms with Crippen LogP contribution >= 0.6 is 0 Å². The lowest BCUT2D eigenvalue weighted by molar-refractivity contribution is -0.140. The zero-order valence-electron chi connectivity index (χ0n) is 23.6. The van der Waals surface area contributed by atoms with Crippen molar-refractivity contribution in [3.05, 3.63) is 101 Å². The summed E-state index contributed by atoms with van der Waals surface area (Å²) in [6.07, 6.45) is 1.38. The first-order chi connectivity index (χ1) is 18.3. The second-order valence-corrected chi connectivity index (χ2v) is 12.8. The van der Waals surface area contributed by atoms with Gasteiger partial charge >= 0.3 is 0 Å². The third kappa shape index (κ3) is 8.42. The van der Waals surface area contributed by atoms with Crippen molar-refractivity contribution in [1.82, 2.24) is 10.2 Å². The van der Waals surface area contributed by atoms with E-state index in [4.69, 9.17) is 0 Å². The number of sulfonamides is 1. The maximum absolute atomic E-state index is 14.1. The third-order valence-corrected chi connectivity index (χ3v) is 7.62. The van der Waals surface area contributed by atoms with Gasteiger partial charge in [0.2, 0.25) is 21.8 Å². The summed E-state index contributed by atoms with van der Waals surface area (Å²) in [4.78, 5) is 29.3. The van der Waals surface area contributed by atoms with E-state index in [-0.39, 0.29) is 18.9 Å². The molecule has 3 rings (SSSR count). The van der Waals surface area contributed by atoms with Crippen LogP contribution in [-0.2, 0) is 32.6 Å². The molecule has 2 amide bonds. The number of amides is 2. The van der Waals surface area contributed by atoms with Crippen molar-refractivity contribution >= 4 is 27.5 Å². The Hall–Kier alpha value is -3.65. The van der Waals surface area contributed by atoms with Gasteiger partial charge in [-0.1, -0.05) is 72.8 Å². The first-order valence-electron chi connectivity index (χ1n) is 13.0. The molecule has 0 bridgehead atoms. The molecule has 0 radical (unpaired) electrons. The molecule has 0 aliphatic carbocycles. The summed E-state index contributed by atoms with van der Waals surface area (Å²) in [6.45, 7) is 9.13.